The maximum atomic E-state index is 12.8. The van der Waals surface area contributed by atoms with Crippen LogP contribution >= 0.6 is 27.3 Å². The van der Waals surface area contributed by atoms with Gasteiger partial charge in [0, 0.05) is 11.5 Å². The summed E-state index contributed by atoms with van der Waals surface area (Å²) in [5.74, 6) is 0. The molecule has 0 aliphatic rings. The Labute approximate surface area is 148 Å². The highest BCUT2D eigenvalue weighted by Crippen LogP contribution is 2.32. The van der Waals surface area contributed by atoms with E-state index in [4.69, 9.17) is 0 Å². The maximum absolute atomic E-state index is 12.8. The third kappa shape index (κ3) is 3.19. The molecule has 0 N–H and O–H groups in total. The Morgan fingerprint density at radius 3 is 2.61 bits per heavy atom. The lowest BCUT2D eigenvalue weighted by Gasteiger charge is -2.22. The Hall–Kier alpha value is -1.28. The van der Waals surface area contributed by atoms with Gasteiger partial charge in [0.1, 0.15) is 5.01 Å². The number of thiazole rings is 1. The van der Waals surface area contributed by atoms with Gasteiger partial charge in [-0.3, -0.25) is 0 Å². The summed E-state index contributed by atoms with van der Waals surface area (Å²) >= 11 is 4.84. The average molecular weight is 411 g/mol. The number of halogens is 1. The molecule has 0 spiro atoms. The molecule has 3 rings (SSSR count). The summed E-state index contributed by atoms with van der Waals surface area (Å²) in [6, 6.07) is 14.2. The molecule has 4 nitrogen and oxygen atoms in total. The minimum Gasteiger partial charge on any atom is -0.239 e. The number of aromatic nitrogens is 1. The van der Waals surface area contributed by atoms with E-state index < -0.39 is 10.0 Å². The number of sulfonamides is 1. The summed E-state index contributed by atoms with van der Waals surface area (Å²) in [5.41, 5.74) is 0.896. The molecule has 1 heterocycles. The third-order valence-corrected chi connectivity index (χ3v) is 7.31. The summed E-state index contributed by atoms with van der Waals surface area (Å²) in [6.07, 6.45) is 0. The first kappa shape index (κ1) is 16.6. The Balaban J connectivity index is 1.96. The van der Waals surface area contributed by atoms with Crippen LogP contribution in [0.3, 0.4) is 0 Å². The van der Waals surface area contributed by atoms with Gasteiger partial charge in [-0.1, -0.05) is 34.1 Å². The summed E-state index contributed by atoms with van der Waals surface area (Å²) in [7, 11) is -1.99. The minimum atomic E-state index is -3.58. The van der Waals surface area contributed by atoms with Crippen LogP contribution in [0.15, 0.2) is 57.9 Å². The second kappa shape index (κ2) is 6.32. The molecule has 0 amide bonds. The molecule has 1 aromatic heterocycles. The first-order valence-electron chi connectivity index (χ1n) is 6.98. The van der Waals surface area contributed by atoms with Crippen molar-refractivity contribution in [2.75, 3.05) is 7.05 Å². The fourth-order valence-corrected chi connectivity index (χ4v) is 5.28. The number of rotatable bonds is 4. The van der Waals surface area contributed by atoms with Crippen molar-refractivity contribution in [3.8, 4) is 0 Å². The van der Waals surface area contributed by atoms with Gasteiger partial charge >= 0.3 is 0 Å². The van der Waals surface area contributed by atoms with Crippen molar-refractivity contribution in [1.82, 2.24) is 9.29 Å². The van der Waals surface area contributed by atoms with Crippen LogP contribution in [0.5, 0.6) is 0 Å². The summed E-state index contributed by atoms with van der Waals surface area (Å²) in [6.45, 7) is 1.85. The number of para-hydroxylation sites is 1. The lowest BCUT2D eigenvalue weighted by Crippen LogP contribution is -2.29. The zero-order valence-corrected chi connectivity index (χ0v) is 15.8. The Morgan fingerprint density at radius 1 is 1.17 bits per heavy atom. The fourth-order valence-electron chi connectivity index (χ4n) is 2.23. The quantitative estimate of drug-likeness (QED) is 0.638. The van der Waals surface area contributed by atoms with Crippen LogP contribution in [0.4, 0.5) is 0 Å². The van der Waals surface area contributed by atoms with Crippen molar-refractivity contribution in [3.63, 3.8) is 0 Å². The number of fused-ring (bicyclic) bond motifs is 1. The molecule has 0 aliphatic heterocycles. The normalized spacial score (nSPS) is 13.6. The summed E-state index contributed by atoms with van der Waals surface area (Å²) in [5, 5.41) is 0.785. The van der Waals surface area contributed by atoms with Crippen LogP contribution in [0.2, 0.25) is 0 Å². The van der Waals surface area contributed by atoms with Crippen LogP contribution in [-0.4, -0.2) is 24.8 Å². The molecule has 0 saturated carbocycles. The van der Waals surface area contributed by atoms with Gasteiger partial charge in [-0.05, 0) is 37.3 Å². The van der Waals surface area contributed by atoms with Crippen LogP contribution < -0.4 is 0 Å². The topological polar surface area (TPSA) is 50.3 Å². The van der Waals surface area contributed by atoms with Crippen LogP contribution in [0.25, 0.3) is 10.2 Å². The van der Waals surface area contributed by atoms with Crippen molar-refractivity contribution < 1.29 is 8.42 Å². The highest BCUT2D eigenvalue weighted by molar-refractivity contribution is 9.10. The van der Waals surface area contributed by atoms with Gasteiger partial charge in [-0.15, -0.1) is 11.3 Å². The van der Waals surface area contributed by atoms with Gasteiger partial charge in [0.25, 0.3) is 0 Å². The molecule has 0 saturated heterocycles. The first-order valence-corrected chi connectivity index (χ1v) is 10.0. The van der Waals surface area contributed by atoms with E-state index in [1.807, 2.05) is 31.2 Å². The molecule has 2 aromatic carbocycles. The highest BCUT2D eigenvalue weighted by atomic mass is 79.9. The second-order valence-electron chi connectivity index (χ2n) is 5.17. The van der Waals surface area contributed by atoms with Crippen LogP contribution in [0, 0.1) is 0 Å². The molecule has 0 bridgehead atoms. The molecule has 0 aliphatic carbocycles. The molecule has 0 unspecified atom stereocenters. The fraction of sp³-hybridized carbons (Fsp3) is 0.188. The maximum Gasteiger partial charge on any atom is 0.243 e. The molecule has 23 heavy (non-hydrogen) atoms. The molecule has 3 aromatic rings. The van der Waals surface area contributed by atoms with Gasteiger partial charge in [0.2, 0.25) is 10.0 Å². The predicted octanol–water partition coefficient (Wildman–Crippen LogP) is 4.44. The number of nitrogens with zero attached hydrogens (tertiary/aromatic N) is 2. The van der Waals surface area contributed by atoms with Gasteiger partial charge in [0.05, 0.1) is 21.2 Å². The summed E-state index contributed by atoms with van der Waals surface area (Å²) in [4.78, 5) is 4.83. The standard InChI is InChI=1S/C16H15BrN2O2S2/c1-11(16-18-14-8-3-4-9-15(14)22-16)19(2)23(20,21)13-7-5-6-12(17)10-13/h3-11H,1-2H3/t11-/m1/s1. The summed E-state index contributed by atoms with van der Waals surface area (Å²) < 4.78 is 28.8. The Bertz CT molecular complexity index is 920. The van der Waals surface area contributed by atoms with Gasteiger partial charge < -0.3 is 0 Å². The predicted molar refractivity (Wildman–Crippen MR) is 97.1 cm³/mol. The molecule has 7 heteroatoms. The lowest BCUT2D eigenvalue weighted by molar-refractivity contribution is 0.397. The number of hydrogen-bond donors (Lipinski definition) is 0. The van der Waals surface area contributed by atoms with E-state index in [1.165, 1.54) is 15.6 Å². The van der Waals surface area contributed by atoms with E-state index in [1.54, 1.807) is 31.3 Å². The molecule has 0 radical (unpaired) electrons. The zero-order valence-electron chi connectivity index (χ0n) is 12.6. The minimum absolute atomic E-state index is 0.266. The smallest absolute Gasteiger partial charge is 0.239 e. The van der Waals surface area contributed by atoms with E-state index >= 15 is 0 Å². The second-order valence-corrected chi connectivity index (χ2v) is 9.15. The number of hydrogen-bond acceptors (Lipinski definition) is 4. The van der Waals surface area contributed by atoms with Crippen molar-refractivity contribution in [3.05, 3.63) is 58.0 Å². The average Bonchev–Trinajstić information content (AvgIpc) is 2.97. The largest absolute Gasteiger partial charge is 0.243 e. The van der Waals surface area contributed by atoms with Crippen LogP contribution in [-0.2, 0) is 10.0 Å². The van der Waals surface area contributed by atoms with E-state index in [2.05, 4.69) is 20.9 Å². The van der Waals surface area contributed by atoms with Crippen molar-refractivity contribution in [2.45, 2.75) is 17.9 Å². The van der Waals surface area contributed by atoms with Gasteiger partial charge in [-0.2, -0.15) is 4.31 Å². The van der Waals surface area contributed by atoms with Crippen molar-refractivity contribution in [2.24, 2.45) is 0 Å². The highest BCUT2D eigenvalue weighted by Gasteiger charge is 2.28. The van der Waals surface area contributed by atoms with Gasteiger partial charge in [-0.25, -0.2) is 13.4 Å². The number of benzene rings is 2. The lowest BCUT2D eigenvalue weighted by atomic mass is 10.3. The monoisotopic (exact) mass is 410 g/mol. The third-order valence-electron chi connectivity index (χ3n) is 3.69. The first-order chi connectivity index (χ1) is 10.9. The SMILES string of the molecule is C[C@H](c1nc2ccccc2s1)N(C)S(=O)(=O)c1cccc(Br)c1. The van der Waals surface area contributed by atoms with Gasteiger partial charge in [0.15, 0.2) is 0 Å². The molecule has 0 fully saturated rings. The Morgan fingerprint density at radius 2 is 1.91 bits per heavy atom. The van der Waals surface area contributed by atoms with Crippen LogP contribution in [0.1, 0.15) is 18.0 Å². The molecule has 1 atom stereocenters. The van der Waals surface area contributed by atoms with Crippen molar-refractivity contribution >= 4 is 47.5 Å². The molecular formula is C16H15BrN2O2S2. The molecular weight excluding hydrogens is 396 g/mol. The van der Waals surface area contributed by atoms with E-state index in [0.29, 0.717) is 0 Å². The molecule has 120 valence electrons. The van der Waals surface area contributed by atoms with E-state index in [9.17, 15) is 8.42 Å². The Kier molecular flexibility index (Phi) is 4.55. The zero-order chi connectivity index (χ0) is 16.6. The van der Waals surface area contributed by atoms with E-state index in [0.717, 1.165) is 19.7 Å². The van der Waals surface area contributed by atoms with Crippen molar-refractivity contribution in [1.29, 1.82) is 0 Å². The van der Waals surface area contributed by atoms with E-state index in [-0.39, 0.29) is 10.9 Å².